The Hall–Kier alpha value is 0.620. The van der Waals surface area contributed by atoms with Crippen molar-refractivity contribution in [2.45, 2.75) is 61.9 Å². The summed E-state index contributed by atoms with van der Waals surface area (Å²) in [4.78, 5) is 0. The summed E-state index contributed by atoms with van der Waals surface area (Å²) < 4.78 is 6.14. The molecule has 0 aromatic carbocycles. The van der Waals surface area contributed by atoms with Crippen molar-refractivity contribution in [2.75, 3.05) is 23.9 Å². The normalized spacial score (nSPS) is 37.1. The first-order valence-electron chi connectivity index (χ1n) is 7.80. The zero-order valence-corrected chi connectivity index (χ0v) is 13.3. The second-order valence-corrected chi connectivity index (χ2v) is 8.86. The maximum absolute atomic E-state index is 10.7. The molecule has 3 heterocycles. The van der Waals surface area contributed by atoms with Crippen LogP contribution in [0.2, 0.25) is 0 Å². The minimum absolute atomic E-state index is 0.0966. The lowest BCUT2D eigenvalue weighted by atomic mass is 9.78. The molecule has 3 atom stereocenters. The summed E-state index contributed by atoms with van der Waals surface area (Å²) in [6.07, 6.45) is 8.31. The third kappa shape index (κ3) is 3.45. The Kier molecular flexibility index (Phi) is 5.05. The fraction of sp³-hybridized carbons (Fsp3) is 1.00. The number of aliphatic hydroxyl groups is 1. The van der Waals surface area contributed by atoms with E-state index in [0.717, 1.165) is 19.4 Å². The zero-order valence-electron chi connectivity index (χ0n) is 11.7. The number of hydrogen-bond acceptors (Lipinski definition) is 4. The van der Waals surface area contributed by atoms with E-state index in [1.54, 1.807) is 0 Å². The molecule has 19 heavy (non-hydrogen) atoms. The monoisotopic (exact) mass is 302 g/mol. The minimum atomic E-state index is -0.0966. The fourth-order valence-electron chi connectivity index (χ4n) is 3.79. The van der Waals surface area contributed by atoms with Gasteiger partial charge in [-0.2, -0.15) is 23.5 Å². The van der Waals surface area contributed by atoms with E-state index >= 15 is 0 Å². The van der Waals surface area contributed by atoms with E-state index in [2.05, 4.69) is 11.8 Å². The number of thioether (sulfide) groups is 2. The van der Waals surface area contributed by atoms with Gasteiger partial charge in [-0.1, -0.05) is 6.42 Å². The molecule has 0 aliphatic carbocycles. The summed E-state index contributed by atoms with van der Waals surface area (Å²) in [5.41, 5.74) is 0.120. The van der Waals surface area contributed by atoms with Crippen LogP contribution in [-0.4, -0.2) is 45.9 Å². The molecule has 3 rings (SSSR count). The Morgan fingerprint density at radius 2 is 1.95 bits per heavy atom. The van der Waals surface area contributed by atoms with Crippen molar-refractivity contribution < 1.29 is 9.84 Å². The van der Waals surface area contributed by atoms with Crippen LogP contribution in [0.15, 0.2) is 0 Å². The van der Waals surface area contributed by atoms with Gasteiger partial charge in [0.2, 0.25) is 0 Å². The number of rotatable bonds is 2. The Bertz CT molecular complexity index is 280. The first-order chi connectivity index (χ1) is 9.29. The molecule has 1 N–H and O–H groups in total. The number of aliphatic hydroxyl groups excluding tert-OH is 1. The standard InChI is InChI=1S/C15H26O2S2/c16-14(13-3-1-2-8-19-13)12-4-7-17-15(11-12)5-9-18-10-6-15/h12-14,16H,1-11H2. The van der Waals surface area contributed by atoms with Gasteiger partial charge in [0.25, 0.3) is 0 Å². The first-order valence-corrected chi connectivity index (χ1v) is 10.0. The Morgan fingerprint density at radius 3 is 2.68 bits per heavy atom. The van der Waals surface area contributed by atoms with Crippen LogP contribution in [0.4, 0.5) is 0 Å². The molecule has 0 saturated carbocycles. The maximum Gasteiger partial charge on any atom is 0.0701 e. The van der Waals surface area contributed by atoms with Crippen LogP contribution in [0, 0.1) is 5.92 Å². The van der Waals surface area contributed by atoms with E-state index in [-0.39, 0.29) is 11.7 Å². The highest BCUT2D eigenvalue weighted by Crippen LogP contribution is 2.43. The van der Waals surface area contributed by atoms with Crippen LogP contribution in [0.5, 0.6) is 0 Å². The highest BCUT2D eigenvalue weighted by atomic mass is 32.2. The van der Waals surface area contributed by atoms with Crippen molar-refractivity contribution in [3.05, 3.63) is 0 Å². The van der Waals surface area contributed by atoms with E-state index in [1.165, 1.54) is 49.4 Å². The summed E-state index contributed by atoms with van der Waals surface area (Å²) in [6.45, 7) is 0.865. The second kappa shape index (κ2) is 6.59. The summed E-state index contributed by atoms with van der Waals surface area (Å²) in [6, 6.07) is 0. The average Bonchev–Trinajstić information content (AvgIpc) is 2.48. The molecule has 110 valence electrons. The second-order valence-electron chi connectivity index (χ2n) is 6.29. The predicted octanol–water partition coefficient (Wildman–Crippen LogP) is 3.33. The molecule has 0 aromatic rings. The highest BCUT2D eigenvalue weighted by molar-refractivity contribution is 8.00. The summed E-state index contributed by atoms with van der Waals surface area (Å²) in [5, 5.41) is 11.2. The zero-order chi connectivity index (χ0) is 13.1. The quantitative estimate of drug-likeness (QED) is 0.847. The topological polar surface area (TPSA) is 29.5 Å². The molecule has 1 spiro atoms. The molecule has 0 aromatic heterocycles. The van der Waals surface area contributed by atoms with Crippen molar-refractivity contribution in [1.29, 1.82) is 0 Å². The molecule has 3 unspecified atom stereocenters. The lowest BCUT2D eigenvalue weighted by Gasteiger charge is -2.45. The molecule has 3 aliphatic heterocycles. The predicted molar refractivity (Wildman–Crippen MR) is 84.1 cm³/mol. The lowest BCUT2D eigenvalue weighted by Crippen LogP contribution is -2.47. The van der Waals surface area contributed by atoms with Gasteiger partial charge in [0, 0.05) is 11.9 Å². The molecule has 3 saturated heterocycles. The summed E-state index contributed by atoms with van der Waals surface area (Å²) in [7, 11) is 0. The van der Waals surface area contributed by atoms with E-state index in [4.69, 9.17) is 4.74 Å². The van der Waals surface area contributed by atoms with Gasteiger partial charge in [0.1, 0.15) is 0 Å². The van der Waals surface area contributed by atoms with Gasteiger partial charge in [0.15, 0.2) is 0 Å². The van der Waals surface area contributed by atoms with Gasteiger partial charge in [-0.05, 0) is 61.7 Å². The van der Waals surface area contributed by atoms with Crippen molar-refractivity contribution in [2.24, 2.45) is 5.92 Å². The van der Waals surface area contributed by atoms with Crippen LogP contribution in [0.25, 0.3) is 0 Å². The largest absolute Gasteiger partial charge is 0.392 e. The number of ether oxygens (including phenoxy) is 1. The van der Waals surface area contributed by atoms with Gasteiger partial charge in [0.05, 0.1) is 11.7 Å². The molecule has 3 fully saturated rings. The van der Waals surface area contributed by atoms with Gasteiger partial charge >= 0.3 is 0 Å². The van der Waals surface area contributed by atoms with Gasteiger partial charge in [-0.15, -0.1) is 0 Å². The average molecular weight is 303 g/mol. The molecule has 4 heteroatoms. The summed E-state index contributed by atoms with van der Waals surface area (Å²) >= 11 is 4.06. The molecule has 0 amide bonds. The van der Waals surface area contributed by atoms with E-state index < -0.39 is 0 Å². The lowest BCUT2D eigenvalue weighted by molar-refractivity contribution is -0.120. The van der Waals surface area contributed by atoms with E-state index in [0.29, 0.717) is 11.2 Å². The van der Waals surface area contributed by atoms with Crippen molar-refractivity contribution in [3.8, 4) is 0 Å². The third-order valence-electron chi connectivity index (χ3n) is 5.01. The van der Waals surface area contributed by atoms with Crippen LogP contribution >= 0.6 is 23.5 Å². The van der Waals surface area contributed by atoms with Crippen LogP contribution in [-0.2, 0) is 4.74 Å². The Morgan fingerprint density at radius 1 is 1.11 bits per heavy atom. The van der Waals surface area contributed by atoms with Crippen LogP contribution < -0.4 is 0 Å². The van der Waals surface area contributed by atoms with Crippen molar-refractivity contribution >= 4 is 23.5 Å². The molecule has 0 bridgehead atoms. The van der Waals surface area contributed by atoms with E-state index in [1.807, 2.05) is 11.8 Å². The van der Waals surface area contributed by atoms with Crippen molar-refractivity contribution in [1.82, 2.24) is 0 Å². The Labute approximate surface area is 125 Å². The molecular formula is C15H26O2S2. The van der Waals surface area contributed by atoms with Crippen molar-refractivity contribution in [3.63, 3.8) is 0 Å². The van der Waals surface area contributed by atoms with E-state index in [9.17, 15) is 5.11 Å². The van der Waals surface area contributed by atoms with Gasteiger partial charge in [-0.3, -0.25) is 0 Å². The molecule has 0 radical (unpaired) electrons. The van der Waals surface area contributed by atoms with Gasteiger partial charge < -0.3 is 9.84 Å². The fourth-order valence-corrected chi connectivity index (χ4v) is 6.45. The molecule has 2 nitrogen and oxygen atoms in total. The molecular weight excluding hydrogens is 276 g/mol. The maximum atomic E-state index is 10.7. The smallest absolute Gasteiger partial charge is 0.0701 e. The highest BCUT2D eigenvalue weighted by Gasteiger charge is 2.42. The van der Waals surface area contributed by atoms with Crippen LogP contribution in [0.3, 0.4) is 0 Å². The third-order valence-corrected chi connectivity index (χ3v) is 7.47. The SMILES string of the molecule is OC(C1CCOC2(CCSCC2)C1)C1CCCCS1. The Balaban J connectivity index is 1.60. The van der Waals surface area contributed by atoms with Crippen LogP contribution in [0.1, 0.15) is 44.9 Å². The number of hydrogen-bond donors (Lipinski definition) is 1. The minimum Gasteiger partial charge on any atom is -0.392 e. The molecule has 3 aliphatic rings. The first kappa shape index (κ1) is 14.6. The summed E-state index contributed by atoms with van der Waals surface area (Å²) in [5.74, 6) is 4.20. The van der Waals surface area contributed by atoms with Gasteiger partial charge in [-0.25, -0.2) is 0 Å².